The zero-order valence-corrected chi connectivity index (χ0v) is 12.7. The minimum atomic E-state index is -3.48. The van der Waals surface area contributed by atoms with Crippen molar-refractivity contribution in [1.82, 2.24) is 4.72 Å². The van der Waals surface area contributed by atoms with Crippen LogP contribution in [0.5, 0.6) is 0 Å². The van der Waals surface area contributed by atoms with Crippen LogP contribution in [0.25, 0.3) is 0 Å². The monoisotopic (exact) mass is 270 g/mol. The Bertz CT molecular complexity index is 520. The Morgan fingerprint density at radius 3 is 1.83 bits per heavy atom. The number of sulfonamides is 1. The van der Waals surface area contributed by atoms with E-state index >= 15 is 0 Å². The summed E-state index contributed by atoms with van der Waals surface area (Å²) in [6.07, 6.45) is 0. The topological polar surface area (TPSA) is 58.2 Å². The number of aryl methyl sites for hydroxylation is 2. The molecule has 0 aliphatic carbocycles. The molecule has 18 heavy (non-hydrogen) atoms. The van der Waals surface area contributed by atoms with Crippen LogP contribution in [0.1, 0.15) is 31.9 Å². The molecule has 0 aliphatic heterocycles. The molecule has 0 heterocycles. The van der Waals surface area contributed by atoms with E-state index in [1.165, 1.54) is 0 Å². The van der Waals surface area contributed by atoms with Gasteiger partial charge in [0.15, 0.2) is 0 Å². The van der Waals surface area contributed by atoms with Crippen molar-refractivity contribution in [1.29, 1.82) is 0 Å². The fourth-order valence-corrected chi connectivity index (χ4v) is 3.85. The highest BCUT2D eigenvalue weighted by atomic mass is 32.2. The van der Waals surface area contributed by atoms with Gasteiger partial charge in [0.1, 0.15) is 0 Å². The lowest BCUT2D eigenvalue weighted by Gasteiger charge is -2.22. The van der Waals surface area contributed by atoms with Crippen LogP contribution in [0.15, 0.2) is 17.0 Å². The molecule has 0 unspecified atom stereocenters. The summed E-state index contributed by atoms with van der Waals surface area (Å²) in [5.74, 6) is 0. The van der Waals surface area contributed by atoms with Crippen molar-refractivity contribution < 1.29 is 8.42 Å². The maximum atomic E-state index is 12.4. The minimum Gasteiger partial charge on any atom is -0.388 e. The van der Waals surface area contributed by atoms with E-state index in [0.29, 0.717) is 4.90 Å². The van der Waals surface area contributed by atoms with Gasteiger partial charge in [-0.3, -0.25) is 0 Å². The van der Waals surface area contributed by atoms with Crippen LogP contribution < -0.4 is 10.0 Å². The number of benzene rings is 1. The van der Waals surface area contributed by atoms with Crippen molar-refractivity contribution >= 4 is 15.7 Å². The summed E-state index contributed by atoms with van der Waals surface area (Å²) in [5, 5.41) is 3.02. The van der Waals surface area contributed by atoms with Crippen LogP contribution in [0.4, 0.5) is 5.69 Å². The molecule has 1 aromatic rings. The molecule has 0 amide bonds. The number of hydrogen-bond donors (Lipinski definition) is 2. The van der Waals surface area contributed by atoms with E-state index in [0.717, 1.165) is 16.8 Å². The molecule has 0 saturated carbocycles. The Morgan fingerprint density at radius 1 is 1.06 bits per heavy atom. The molecule has 0 radical (unpaired) electrons. The van der Waals surface area contributed by atoms with Crippen molar-refractivity contribution in [2.75, 3.05) is 12.4 Å². The first-order valence-corrected chi connectivity index (χ1v) is 7.38. The van der Waals surface area contributed by atoms with Gasteiger partial charge < -0.3 is 5.32 Å². The lowest BCUT2D eigenvalue weighted by molar-refractivity contribution is 0.491. The second-order valence-electron chi connectivity index (χ2n) is 5.54. The zero-order valence-electron chi connectivity index (χ0n) is 11.9. The van der Waals surface area contributed by atoms with E-state index < -0.39 is 15.6 Å². The molecule has 102 valence electrons. The minimum absolute atomic E-state index is 0.372. The lowest BCUT2D eigenvalue weighted by Crippen LogP contribution is -2.41. The standard InChI is InChI=1S/C13H22N2O2S/c1-9-7-11(14-6)8-10(2)12(9)18(16,17)15-13(3,4)5/h7-8,14-15H,1-6H3. The summed E-state index contributed by atoms with van der Waals surface area (Å²) in [7, 11) is -1.67. The Kier molecular flexibility index (Phi) is 4.08. The molecule has 0 fully saturated rings. The molecule has 0 aliphatic rings. The molecular weight excluding hydrogens is 248 g/mol. The van der Waals surface area contributed by atoms with Crippen LogP contribution in [0, 0.1) is 13.8 Å². The Morgan fingerprint density at radius 2 is 1.50 bits per heavy atom. The van der Waals surface area contributed by atoms with Crippen molar-refractivity contribution in [3.63, 3.8) is 0 Å². The van der Waals surface area contributed by atoms with Gasteiger partial charge in [0.2, 0.25) is 10.0 Å². The van der Waals surface area contributed by atoms with Gasteiger partial charge in [0.05, 0.1) is 4.90 Å². The quantitative estimate of drug-likeness (QED) is 0.887. The maximum Gasteiger partial charge on any atom is 0.241 e. The van der Waals surface area contributed by atoms with Crippen LogP contribution in [-0.2, 0) is 10.0 Å². The first kappa shape index (κ1) is 15.0. The third-order valence-electron chi connectivity index (χ3n) is 2.46. The van der Waals surface area contributed by atoms with Gasteiger partial charge in [-0.2, -0.15) is 0 Å². The van der Waals surface area contributed by atoms with Crippen LogP contribution >= 0.6 is 0 Å². The summed E-state index contributed by atoms with van der Waals surface area (Å²) in [4.78, 5) is 0.372. The van der Waals surface area contributed by atoms with Gasteiger partial charge in [-0.05, 0) is 57.9 Å². The fourth-order valence-electron chi connectivity index (χ4n) is 1.97. The summed E-state index contributed by atoms with van der Waals surface area (Å²) in [6, 6.07) is 3.68. The van der Waals surface area contributed by atoms with E-state index in [1.54, 1.807) is 0 Å². The largest absolute Gasteiger partial charge is 0.388 e. The number of hydrogen-bond acceptors (Lipinski definition) is 3. The third-order valence-corrected chi connectivity index (χ3v) is 4.52. The normalized spacial score (nSPS) is 12.6. The second-order valence-corrected chi connectivity index (χ2v) is 7.16. The molecule has 0 bridgehead atoms. The predicted molar refractivity (Wildman–Crippen MR) is 75.5 cm³/mol. The molecule has 1 aromatic carbocycles. The summed E-state index contributed by atoms with van der Waals surface area (Å²) >= 11 is 0. The summed E-state index contributed by atoms with van der Waals surface area (Å²) in [6.45, 7) is 9.11. The van der Waals surface area contributed by atoms with E-state index in [9.17, 15) is 8.42 Å². The van der Waals surface area contributed by atoms with Gasteiger partial charge in [-0.15, -0.1) is 0 Å². The molecule has 0 saturated heterocycles. The molecule has 0 spiro atoms. The molecule has 4 nitrogen and oxygen atoms in total. The summed E-state index contributed by atoms with van der Waals surface area (Å²) < 4.78 is 27.4. The van der Waals surface area contributed by atoms with Gasteiger partial charge >= 0.3 is 0 Å². The van der Waals surface area contributed by atoms with Crippen LogP contribution in [-0.4, -0.2) is 21.0 Å². The van der Waals surface area contributed by atoms with Crippen molar-refractivity contribution in [2.45, 2.75) is 45.1 Å². The Hall–Kier alpha value is -1.07. The molecule has 0 aromatic heterocycles. The molecule has 0 atom stereocenters. The number of rotatable bonds is 3. The van der Waals surface area contributed by atoms with E-state index in [1.807, 2.05) is 53.8 Å². The van der Waals surface area contributed by atoms with Crippen LogP contribution in [0.2, 0.25) is 0 Å². The zero-order chi connectivity index (χ0) is 14.1. The molecule has 1 rings (SSSR count). The number of anilines is 1. The van der Waals surface area contributed by atoms with E-state index in [4.69, 9.17) is 0 Å². The second kappa shape index (κ2) is 4.90. The van der Waals surface area contributed by atoms with E-state index in [2.05, 4.69) is 10.0 Å². The SMILES string of the molecule is CNc1cc(C)c(S(=O)(=O)NC(C)(C)C)c(C)c1. The fraction of sp³-hybridized carbons (Fsp3) is 0.538. The van der Waals surface area contributed by atoms with Crippen molar-refractivity contribution in [2.24, 2.45) is 0 Å². The highest BCUT2D eigenvalue weighted by Crippen LogP contribution is 2.25. The Labute approximate surface area is 110 Å². The van der Waals surface area contributed by atoms with E-state index in [-0.39, 0.29) is 0 Å². The maximum absolute atomic E-state index is 12.4. The smallest absolute Gasteiger partial charge is 0.241 e. The third kappa shape index (κ3) is 3.46. The molecule has 2 N–H and O–H groups in total. The first-order chi connectivity index (χ1) is 8.07. The summed E-state index contributed by atoms with van der Waals surface area (Å²) in [5.41, 5.74) is 1.92. The molecular formula is C13H22N2O2S. The molecule has 5 heteroatoms. The predicted octanol–water partition coefficient (Wildman–Crippen LogP) is 2.42. The average Bonchev–Trinajstić information content (AvgIpc) is 2.11. The van der Waals surface area contributed by atoms with Gasteiger partial charge in [0.25, 0.3) is 0 Å². The van der Waals surface area contributed by atoms with Gasteiger partial charge in [-0.1, -0.05) is 0 Å². The van der Waals surface area contributed by atoms with Crippen molar-refractivity contribution in [3.05, 3.63) is 23.3 Å². The van der Waals surface area contributed by atoms with Gasteiger partial charge in [-0.25, -0.2) is 13.1 Å². The number of nitrogens with one attached hydrogen (secondary N) is 2. The Balaban J connectivity index is 3.34. The van der Waals surface area contributed by atoms with Gasteiger partial charge in [0, 0.05) is 18.3 Å². The highest BCUT2D eigenvalue weighted by molar-refractivity contribution is 7.89. The van der Waals surface area contributed by atoms with Crippen molar-refractivity contribution in [3.8, 4) is 0 Å². The van der Waals surface area contributed by atoms with Crippen LogP contribution in [0.3, 0.4) is 0 Å². The first-order valence-electron chi connectivity index (χ1n) is 5.90. The average molecular weight is 270 g/mol. The highest BCUT2D eigenvalue weighted by Gasteiger charge is 2.25. The lowest BCUT2D eigenvalue weighted by atomic mass is 10.1.